The number of nitrogens with two attached hydrogens (primary N) is 1. The summed E-state index contributed by atoms with van der Waals surface area (Å²) < 4.78 is 5.69. The highest BCUT2D eigenvalue weighted by Crippen LogP contribution is 2.31. The van der Waals surface area contributed by atoms with Gasteiger partial charge in [0, 0.05) is 6.04 Å². The minimum atomic E-state index is 0.113. The predicted molar refractivity (Wildman–Crippen MR) is 69.3 cm³/mol. The van der Waals surface area contributed by atoms with E-state index in [9.17, 15) is 0 Å². The Bertz CT molecular complexity index is 350. The summed E-state index contributed by atoms with van der Waals surface area (Å²) in [6.45, 7) is 6.78. The van der Waals surface area contributed by atoms with Crippen molar-refractivity contribution in [2.75, 3.05) is 6.61 Å². The second kappa shape index (κ2) is 6.12. The van der Waals surface area contributed by atoms with E-state index in [4.69, 9.17) is 22.1 Å². The van der Waals surface area contributed by atoms with Crippen LogP contribution >= 0.6 is 11.6 Å². The lowest BCUT2D eigenvalue weighted by molar-refractivity contribution is 0.313. The first kappa shape index (κ1) is 13.3. The molecule has 1 rings (SSSR count). The molecule has 0 radical (unpaired) electrons. The topological polar surface area (TPSA) is 35.2 Å². The summed E-state index contributed by atoms with van der Waals surface area (Å²) in [6, 6.07) is 4.14. The second-order valence-electron chi connectivity index (χ2n) is 4.26. The highest BCUT2D eigenvalue weighted by molar-refractivity contribution is 6.32. The van der Waals surface area contributed by atoms with E-state index in [2.05, 4.69) is 13.0 Å². The lowest BCUT2D eigenvalue weighted by atomic mass is 10.0. The highest BCUT2D eigenvalue weighted by Gasteiger charge is 2.11. The van der Waals surface area contributed by atoms with Gasteiger partial charge < -0.3 is 10.5 Å². The zero-order valence-electron chi connectivity index (χ0n) is 10.2. The zero-order chi connectivity index (χ0) is 12.1. The SMILES string of the molecule is CCCOc1c(Cl)cc(C)cc1CC(C)N. The van der Waals surface area contributed by atoms with E-state index < -0.39 is 0 Å². The van der Waals surface area contributed by atoms with Crippen molar-refractivity contribution in [3.05, 3.63) is 28.3 Å². The molecule has 0 heterocycles. The van der Waals surface area contributed by atoms with E-state index in [-0.39, 0.29) is 6.04 Å². The lowest BCUT2D eigenvalue weighted by Gasteiger charge is -2.15. The van der Waals surface area contributed by atoms with Gasteiger partial charge in [0.15, 0.2) is 0 Å². The smallest absolute Gasteiger partial charge is 0.141 e. The maximum absolute atomic E-state index is 6.19. The van der Waals surface area contributed by atoms with Crippen LogP contribution in [0.25, 0.3) is 0 Å². The Kier molecular flexibility index (Phi) is 5.10. The summed E-state index contributed by atoms with van der Waals surface area (Å²) in [5, 5.41) is 0.684. The molecule has 0 amide bonds. The molecule has 16 heavy (non-hydrogen) atoms. The van der Waals surface area contributed by atoms with E-state index in [1.807, 2.05) is 19.9 Å². The molecule has 0 aliphatic carbocycles. The Morgan fingerprint density at radius 3 is 2.69 bits per heavy atom. The summed E-state index contributed by atoms with van der Waals surface area (Å²) in [5.41, 5.74) is 8.07. The molecule has 0 aliphatic heterocycles. The van der Waals surface area contributed by atoms with Gasteiger partial charge in [0.25, 0.3) is 0 Å². The van der Waals surface area contributed by atoms with Crippen LogP contribution in [0.2, 0.25) is 5.02 Å². The first-order valence-electron chi connectivity index (χ1n) is 5.72. The van der Waals surface area contributed by atoms with Gasteiger partial charge in [0.2, 0.25) is 0 Å². The van der Waals surface area contributed by atoms with Gasteiger partial charge in [0.05, 0.1) is 11.6 Å². The normalized spacial score (nSPS) is 12.6. The molecule has 0 fully saturated rings. The van der Waals surface area contributed by atoms with Crippen LogP contribution in [0.4, 0.5) is 0 Å². The monoisotopic (exact) mass is 241 g/mol. The quantitative estimate of drug-likeness (QED) is 0.858. The number of hydrogen-bond donors (Lipinski definition) is 1. The molecule has 0 saturated carbocycles. The Morgan fingerprint density at radius 2 is 2.12 bits per heavy atom. The number of aryl methyl sites for hydroxylation is 1. The zero-order valence-corrected chi connectivity index (χ0v) is 11.0. The van der Waals surface area contributed by atoms with Crippen molar-refractivity contribution in [3.8, 4) is 5.75 Å². The number of halogens is 1. The van der Waals surface area contributed by atoms with Crippen molar-refractivity contribution in [3.63, 3.8) is 0 Å². The molecule has 0 bridgehead atoms. The molecule has 1 aromatic carbocycles. The largest absolute Gasteiger partial charge is 0.492 e. The van der Waals surface area contributed by atoms with Crippen molar-refractivity contribution >= 4 is 11.6 Å². The van der Waals surface area contributed by atoms with Gasteiger partial charge in [-0.15, -0.1) is 0 Å². The van der Waals surface area contributed by atoms with E-state index in [0.29, 0.717) is 11.6 Å². The molecule has 0 aromatic heterocycles. The first-order chi connectivity index (χ1) is 7.54. The number of ether oxygens (including phenoxy) is 1. The molecule has 90 valence electrons. The van der Waals surface area contributed by atoms with Gasteiger partial charge in [0.1, 0.15) is 5.75 Å². The van der Waals surface area contributed by atoms with Crippen LogP contribution in [-0.4, -0.2) is 12.6 Å². The standard InChI is InChI=1S/C13H20ClNO/c1-4-5-16-13-11(8-10(3)15)6-9(2)7-12(13)14/h6-7,10H,4-5,8,15H2,1-3H3. The predicted octanol–water partition coefficient (Wildman–Crippen LogP) is 3.33. The van der Waals surface area contributed by atoms with E-state index in [1.165, 1.54) is 0 Å². The van der Waals surface area contributed by atoms with Crippen LogP contribution in [0.15, 0.2) is 12.1 Å². The first-order valence-corrected chi connectivity index (χ1v) is 6.09. The molecular weight excluding hydrogens is 222 g/mol. The fraction of sp³-hybridized carbons (Fsp3) is 0.538. The number of rotatable bonds is 5. The summed E-state index contributed by atoms with van der Waals surface area (Å²) in [4.78, 5) is 0. The van der Waals surface area contributed by atoms with E-state index in [1.54, 1.807) is 0 Å². The Balaban J connectivity index is 3.00. The van der Waals surface area contributed by atoms with Crippen LogP contribution in [-0.2, 0) is 6.42 Å². The average molecular weight is 242 g/mol. The van der Waals surface area contributed by atoms with Crippen LogP contribution < -0.4 is 10.5 Å². The van der Waals surface area contributed by atoms with Gasteiger partial charge in [-0.3, -0.25) is 0 Å². The molecule has 3 heteroatoms. The summed E-state index contributed by atoms with van der Waals surface area (Å²) in [7, 11) is 0. The van der Waals surface area contributed by atoms with Gasteiger partial charge >= 0.3 is 0 Å². The fourth-order valence-corrected chi connectivity index (χ4v) is 2.01. The van der Waals surface area contributed by atoms with E-state index in [0.717, 1.165) is 29.7 Å². The van der Waals surface area contributed by atoms with Crippen LogP contribution in [0.5, 0.6) is 5.75 Å². The molecule has 2 N–H and O–H groups in total. The van der Waals surface area contributed by atoms with Crippen molar-refractivity contribution in [2.45, 2.75) is 39.7 Å². The third kappa shape index (κ3) is 3.69. The molecule has 0 aliphatic rings. The molecule has 0 spiro atoms. The summed E-state index contributed by atoms with van der Waals surface area (Å²) in [5.74, 6) is 0.798. The van der Waals surface area contributed by atoms with Crippen molar-refractivity contribution < 1.29 is 4.74 Å². The Hall–Kier alpha value is -0.730. The van der Waals surface area contributed by atoms with Gasteiger partial charge in [-0.25, -0.2) is 0 Å². The minimum absolute atomic E-state index is 0.113. The number of benzene rings is 1. The second-order valence-corrected chi connectivity index (χ2v) is 4.67. The third-order valence-electron chi connectivity index (χ3n) is 2.26. The van der Waals surface area contributed by atoms with Crippen molar-refractivity contribution in [1.29, 1.82) is 0 Å². The molecule has 0 saturated heterocycles. The molecule has 1 atom stereocenters. The molecule has 2 nitrogen and oxygen atoms in total. The van der Waals surface area contributed by atoms with Crippen LogP contribution in [0.1, 0.15) is 31.4 Å². The van der Waals surface area contributed by atoms with Gasteiger partial charge in [-0.2, -0.15) is 0 Å². The molecular formula is C13H20ClNO. The molecule has 1 unspecified atom stereocenters. The Labute approximate surface area is 103 Å². The maximum atomic E-state index is 6.19. The Morgan fingerprint density at radius 1 is 1.44 bits per heavy atom. The fourth-order valence-electron chi connectivity index (χ4n) is 1.67. The highest BCUT2D eigenvalue weighted by atomic mass is 35.5. The van der Waals surface area contributed by atoms with Gasteiger partial charge in [-0.05, 0) is 43.9 Å². The summed E-state index contributed by atoms with van der Waals surface area (Å²) in [6.07, 6.45) is 1.77. The van der Waals surface area contributed by atoms with E-state index >= 15 is 0 Å². The molecule has 1 aromatic rings. The summed E-state index contributed by atoms with van der Waals surface area (Å²) >= 11 is 6.19. The van der Waals surface area contributed by atoms with Crippen molar-refractivity contribution in [1.82, 2.24) is 0 Å². The van der Waals surface area contributed by atoms with Crippen LogP contribution in [0.3, 0.4) is 0 Å². The van der Waals surface area contributed by atoms with Gasteiger partial charge in [-0.1, -0.05) is 24.6 Å². The maximum Gasteiger partial charge on any atom is 0.141 e. The minimum Gasteiger partial charge on any atom is -0.492 e. The lowest BCUT2D eigenvalue weighted by Crippen LogP contribution is -2.18. The third-order valence-corrected chi connectivity index (χ3v) is 2.54. The average Bonchev–Trinajstić information content (AvgIpc) is 2.15. The van der Waals surface area contributed by atoms with Crippen molar-refractivity contribution in [2.24, 2.45) is 5.73 Å². The number of hydrogen-bond acceptors (Lipinski definition) is 2. The van der Waals surface area contributed by atoms with Crippen LogP contribution in [0, 0.1) is 6.92 Å².